The summed E-state index contributed by atoms with van der Waals surface area (Å²) in [6.45, 7) is 0. The highest BCUT2D eigenvalue weighted by Gasteiger charge is 1.94. The fraction of sp³-hybridized carbons (Fsp3) is 0. The molecule has 0 heterocycles. The molecule has 2 rings (SSSR count). The van der Waals surface area contributed by atoms with Gasteiger partial charge in [0.2, 0.25) is 0 Å². The summed E-state index contributed by atoms with van der Waals surface area (Å²) in [5, 5.41) is 16.7. The van der Waals surface area contributed by atoms with E-state index >= 15 is 0 Å². The van der Waals surface area contributed by atoms with Crippen molar-refractivity contribution in [1.82, 2.24) is 5.43 Å². The first-order valence-corrected chi connectivity index (χ1v) is 6.09. The van der Waals surface area contributed by atoms with Crippen molar-refractivity contribution in [2.45, 2.75) is 0 Å². The SMILES string of the molecule is Oc1cccc(C=NNC(=S)Nc2ccccc2)c1. The van der Waals surface area contributed by atoms with Gasteiger partial charge in [-0.3, -0.25) is 5.43 Å². The van der Waals surface area contributed by atoms with Gasteiger partial charge in [0, 0.05) is 5.69 Å². The van der Waals surface area contributed by atoms with Crippen LogP contribution in [-0.2, 0) is 0 Å². The number of phenols is 1. The van der Waals surface area contributed by atoms with Gasteiger partial charge in [-0.2, -0.15) is 5.10 Å². The molecule has 96 valence electrons. The number of nitrogens with zero attached hydrogens (tertiary/aromatic N) is 1. The smallest absolute Gasteiger partial charge is 0.191 e. The molecule has 0 radical (unpaired) electrons. The van der Waals surface area contributed by atoms with Gasteiger partial charge < -0.3 is 10.4 Å². The normalized spacial score (nSPS) is 10.3. The molecule has 2 aromatic carbocycles. The van der Waals surface area contributed by atoms with Crippen molar-refractivity contribution in [3.63, 3.8) is 0 Å². The first-order chi connectivity index (χ1) is 9.24. The van der Waals surface area contributed by atoms with Crippen LogP contribution in [0.25, 0.3) is 0 Å². The Morgan fingerprint density at radius 2 is 1.89 bits per heavy atom. The number of benzene rings is 2. The van der Waals surface area contributed by atoms with Gasteiger partial charge in [0.05, 0.1) is 6.21 Å². The molecule has 19 heavy (non-hydrogen) atoms. The van der Waals surface area contributed by atoms with Crippen LogP contribution in [0.4, 0.5) is 5.69 Å². The van der Waals surface area contributed by atoms with E-state index in [-0.39, 0.29) is 5.75 Å². The lowest BCUT2D eigenvalue weighted by Gasteiger charge is -2.06. The molecule has 0 amide bonds. The molecular weight excluding hydrogens is 258 g/mol. The molecule has 2 aromatic rings. The van der Waals surface area contributed by atoms with E-state index in [1.54, 1.807) is 24.4 Å². The number of hydrogen-bond acceptors (Lipinski definition) is 3. The van der Waals surface area contributed by atoms with Crippen LogP contribution in [0.2, 0.25) is 0 Å². The topological polar surface area (TPSA) is 56.7 Å². The molecule has 0 atom stereocenters. The Morgan fingerprint density at radius 3 is 2.63 bits per heavy atom. The van der Waals surface area contributed by atoms with Crippen molar-refractivity contribution in [2.75, 3.05) is 5.32 Å². The van der Waals surface area contributed by atoms with Crippen LogP contribution in [0.15, 0.2) is 59.7 Å². The molecule has 0 aliphatic rings. The number of phenolic OH excluding ortho intramolecular Hbond substituents is 1. The summed E-state index contributed by atoms with van der Waals surface area (Å²) >= 11 is 5.09. The average Bonchev–Trinajstić information content (AvgIpc) is 2.40. The molecule has 0 fully saturated rings. The maximum atomic E-state index is 9.30. The van der Waals surface area contributed by atoms with Crippen LogP contribution in [-0.4, -0.2) is 16.4 Å². The molecule has 0 unspecified atom stereocenters. The van der Waals surface area contributed by atoms with E-state index in [0.717, 1.165) is 11.3 Å². The number of aromatic hydroxyl groups is 1. The van der Waals surface area contributed by atoms with Crippen molar-refractivity contribution in [3.8, 4) is 5.75 Å². The zero-order chi connectivity index (χ0) is 13.5. The average molecular weight is 271 g/mol. The fourth-order valence-corrected chi connectivity index (χ4v) is 1.62. The van der Waals surface area contributed by atoms with E-state index in [4.69, 9.17) is 12.2 Å². The van der Waals surface area contributed by atoms with E-state index in [9.17, 15) is 5.11 Å². The zero-order valence-electron chi connectivity index (χ0n) is 10.1. The van der Waals surface area contributed by atoms with Crippen molar-refractivity contribution in [1.29, 1.82) is 0 Å². The Bertz CT molecular complexity index is 584. The van der Waals surface area contributed by atoms with Gasteiger partial charge in [0.25, 0.3) is 0 Å². The maximum absolute atomic E-state index is 9.30. The van der Waals surface area contributed by atoms with Gasteiger partial charge in [-0.15, -0.1) is 0 Å². The molecule has 5 heteroatoms. The predicted octanol–water partition coefficient (Wildman–Crippen LogP) is 2.71. The summed E-state index contributed by atoms with van der Waals surface area (Å²) in [7, 11) is 0. The molecule has 0 bridgehead atoms. The minimum Gasteiger partial charge on any atom is -0.508 e. The highest BCUT2D eigenvalue weighted by molar-refractivity contribution is 7.80. The second-order valence-electron chi connectivity index (χ2n) is 3.79. The van der Waals surface area contributed by atoms with Crippen LogP contribution in [0, 0.1) is 0 Å². The molecular formula is C14H13N3OS. The summed E-state index contributed by atoms with van der Waals surface area (Å²) < 4.78 is 0. The highest BCUT2D eigenvalue weighted by atomic mass is 32.1. The number of hydrazone groups is 1. The van der Waals surface area contributed by atoms with Crippen molar-refractivity contribution >= 4 is 29.2 Å². The van der Waals surface area contributed by atoms with E-state index in [2.05, 4.69) is 15.8 Å². The van der Waals surface area contributed by atoms with Gasteiger partial charge in [-0.05, 0) is 42.0 Å². The lowest BCUT2D eigenvalue weighted by molar-refractivity contribution is 0.475. The highest BCUT2D eigenvalue weighted by Crippen LogP contribution is 2.08. The van der Waals surface area contributed by atoms with Crippen molar-refractivity contribution in [2.24, 2.45) is 5.10 Å². The Kier molecular flexibility index (Phi) is 4.47. The molecule has 0 aliphatic carbocycles. The van der Waals surface area contributed by atoms with Crippen LogP contribution in [0.3, 0.4) is 0 Å². The van der Waals surface area contributed by atoms with Crippen LogP contribution >= 0.6 is 12.2 Å². The fourth-order valence-electron chi connectivity index (χ4n) is 1.45. The molecule has 3 N–H and O–H groups in total. The minimum absolute atomic E-state index is 0.203. The number of rotatable bonds is 3. The Labute approximate surface area is 116 Å². The molecule has 0 spiro atoms. The Hall–Kier alpha value is -2.40. The number of thiocarbonyl (C=S) groups is 1. The number of anilines is 1. The largest absolute Gasteiger partial charge is 0.508 e. The number of hydrogen-bond donors (Lipinski definition) is 3. The second-order valence-corrected chi connectivity index (χ2v) is 4.19. The molecule has 0 saturated carbocycles. The first kappa shape index (κ1) is 13.0. The van der Waals surface area contributed by atoms with E-state index < -0.39 is 0 Å². The van der Waals surface area contributed by atoms with Crippen molar-refractivity contribution in [3.05, 3.63) is 60.2 Å². The van der Waals surface area contributed by atoms with Gasteiger partial charge in [-0.1, -0.05) is 30.3 Å². The number of para-hydroxylation sites is 1. The molecule has 0 aromatic heterocycles. The van der Waals surface area contributed by atoms with Gasteiger partial charge in [0.15, 0.2) is 5.11 Å². The standard InChI is InChI=1S/C14H13N3OS/c18-13-8-4-5-11(9-13)10-15-17-14(19)16-12-6-2-1-3-7-12/h1-10,18H,(H2,16,17,19). The Morgan fingerprint density at radius 1 is 1.11 bits per heavy atom. The quantitative estimate of drug-likeness (QED) is 0.456. The third kappa shape index (κ3) is 4.40. The summed E-state index contributed by atoms with van der Waals surface area (Å²) in [5.74, 6) is 0.203. The van der Waals surface area contributed by atoms with E-state index in [1.807, 2.05) is 36.4 Å². The van der Waals surface area contributed by atoms with Gasteiger partial charge in [-0.25, -0.2) is 0 Å². The van der Waals surface area contributed by atoms with Crippen LogP contribution in [0.5, 0.6) is 5.75 Å². The lowest BCUT2D eigenvalue weighted by Crippen LogP contribution is -2.23. The van der Waals surface area contributed by atoms with Gasteiger partial charge >= 0.3 is 0 Å². The maximum Gasteiger partial charge on any atom is 0.191 e. The summed E-state index contributed by atoms with van der Waals surface area (Å²) in [6, 6.07) is 16.4. The minimum atomic E-state index is 0.203. The third-order valence-electron chi connectivity index (χ3n) is 2.28. The Balaban J connectivity index is 1.87. The summed E-state index contributed by atoms with van der Waals surface area (Å²) in [6.07, 6.45) is 1.58. The number of nitrogens with one attached hydrogen (secondary N) is 2. The van der Waals surface area contributed by atoms with E-state index in [1.165, 1.54) is 0 Å². The predicted molar refractivity (Wildman–Crippen MR) is 81.5 cm³/mol. The van der Waals surface area contributed by atoms with Crippen molar-refractivity contribution < 1.29 is 5.11 Å². The second kappa shape index (κ2) is 6.51. The van der Waals surface area contributed by atoms with Crippen LogP contribution < -0.4 is 10.7 Å². The molecule has 0 saturated heterocycles. The zero-order valence-corrected chi connectivity index (χ0v) is 10.9. The van der Waals surface area contributed by atoms with Gasteiger partial charge in [0.1, 0.15) is 5.75 Å². The molecule has 0 aliphatic heterocycles. The molecule has 4 nitrogen and oxygen atoms in total. The summed E-state index contributed by atoms with van der Waals surface area (Å²) in [5.41, 5.74) is 4.39. The summed E-state index contributed by atoms with van der Waals surface area (Å²) in [4.78, 5) is 0. The monoisotopic (exact) mass is 271 g/mol. The van der Waals surface area contributed by atoms with E-state index in [0.29, 0.717) is 5.11 Å². The third-order valence-corrected chi connectivity index (χ3v) is 2.47. The van der Waals surface area contributed by atoms with Crippen LogP contribution in [0.1, 0.15) is 5.56 Å². The first-order valence-electron chi connectivity index (χ1n) is 5.68. The lowest BCUT2D eigenvalue weighted by atomic mass is 10.2.